The molecule has 3 saturated heterocycles. The monoisotopic (exact) mass is 138 g/mol. The molecule has 2 nitrogen and oxygen atoms in total. The van der Waals surface area contributed by atoms with Crippen molar-refractivity contribution >= 4 is 0 Å². The molecular weight excluding hydrogens is 124 g/mol. The minimum atomic E-state index is 0.677. The van der Waals surface area contributed by atoms with E-state index in [2.05, 4.69) is 17.1 Å². The van der Waals surface area contributed by atoms with E-state index in [0.29, 0.717) is 6.17 Å². The second-order valence-electron chi connectivity index (χ2n) is 3.93. The Kier molecular flexibility index (Phi) is 0.868. The van der Waals surface area contributed by atoms with Crippen molar-refractivity contribution < 1.29 is 0 Å². The average Bonchev–Trinajstić information content (AvgIpc) is 2.49. The van der Waals surface area contributed by atoms with Gasteiger partial charge < -0.3 is 0 Å². The highest BCUT2D eigenvalue weighted by Gasteiger charge is 2.53. The Bertz CT molecular complexity index is 167. The Labute approximate surface area is 61.6 Å². The van der Waals surface area contributed by atoms with E-state index in [1.807, 2.05) is 0 Å². The minimum Gasteiger partial charge on any atom is -0.298 e. The summed E-state index contributed by atoms with van der Waals surface area (Å²) in [4.78, 5) is 2.69. The fourth-order valence-electron chi connectivity index (χ4n) is 3.21. The highest BCUT2D eigenvalue weighted by Crippen LogP contribution is 2.42. The van der Waals surface area contributed by atoms with Gasteiger partial charge in [-0.05, 0) is 26.2 Å². The largest absolute Gasteiger partial charge is 0.298 e. The first kappa shape index (κ1) is 5.56. The summed E-state index contributed by atoms with van der Waals surface area (Å²) in [6, 6.07) is 2.72. The lowest BCUT2D eigenvalue weighted by Gasteiger charge is -2.28. The van der Waals surface area contributed by atoms with E-state index in [1.54, 1.807) is 0 Å². The zero-order chi connectivity index (χ0) is 6.72. The van der Waals surface area contributed by atoms with E-state index in [4.69, 9.17) is 0 Å². The summed E-state index contributed by atoms with van der Waals surface area (Å²) in [7, 11) is 0. The standard InChI is InChI=1S/C8H14N2/c1-5-9-7-4-6-2-3-8(7)10(5)6/h5-9H,2-4H2,1H3. The normalized spacial score (nSPS) is 63.9. The fraction of sp³-hybridized carbons (Fsp3) is 1.00. The third-order valence-electron chi connectivity index (χ3n) is 3.49. The Morgan fingerprint density at radius 3 is 2.90 bits per heavy atom. The predicted molar refractivity (Wildman–Crippen MR) is 39.7 cm³/mol. The summed E-state index contributed by atoms with van der Waals surface area (Å²) < 4.78 is 0. The summed E-state index contributed by atoms with van der Waals surface area (Å²) in [5, 5.41) is 3.61. The summed E-state index contributed by atoms with van der Waals surface area (Å²) in [5.74, 6) is 0. The lowest BCUT2D eigenvalue weighted by Crippen LogP contribution is -2.44. The highest BCUT2D eigenvalue weighted by atomic mass is 15.4. The summed E-state index contributed by atoms with van der Waals surface area (Å²) >= 11 is 0. The van der Waals surface area contributed by atoms with E-state index in [9.17, 15) is 0 Å². The smallest absolute Gasteiger partial charge is 0.0576 e. The van der Waals surface area contributed by atoms with Crippen molar-refractivity contribution in [1.29, 1.82) is 0 Å². The molecule has 4 bridgehead atoms. The van der Waals surface area contributed by atoms with Gasteiger partial charge in [-0.2, -0.15) is 0 Å². The van der Waals surface area contributed by atoms with Crippen LogP contribution in [0.3, 0.4) is 0 Å². The Morgan fingerprint density at radius 1 is 1.40 bits per heavy atom. The van der Waals surface area contributed by atoms with E-state index in [1.165, 1.54) is 19.3 Å². The van der Waals surface area contributed by atoms with E-state index in [-0.39, 0.29) is 0 Å². The lowest BCUT2D eigenvalue weighted by molar-refractivity contribution is 0.191. The number of hydrogen-bond donors (Lipinski definition) is 1. The molecule has 3 rings (SSSR count). The molecule has 0 radical (unpaired) electrons. The van der Waals surface area contributed by atoms with E-state index < -0.39 is 0 Å². The van der Waals surface area contributed by atoms with Gasteiger partial charge in [0, 0.05) is 18.1 Å². The topological polar surface area (TPSA) is 15.3 Å². The molecule has 3 fully saturated rings. The molecule has 3 aliphatic heterocycles. The number of hydrogen-bond acceptors (Lipinski definition) is 2. The van der Waals surface area contributed by atoms with Gasteiger partial charge in [-0.15, -0.1) is 0 Å². The van der Waals surface area contributed by atoms with Crippen LogP contribution in [0.5, 0.6) is 0 Å². The summed E-state index contributed by atoms with van der Waals surface area (Å²) in [6.07, 6.45) is 5.02. The van der Waals surface area contributed by atoms with Crippen LogP contribution >= 0.6 is 0 Å². The van der Waals surface area contributed by atoms with Crippen molar-refractivity contribution in [3.05, 3.63) is 0 Å². The maximum absolute atomic E-state index is 3.61. The van der Waals surface area contributed by atoms with Crippen molar-refractivity contribution in [2.45, 2.75) is 50.5 Å². The van der Waals surface area contributed by atoms with Crippen molar-refractivity contribution in [2.24, 2.45) is 0 Å². The molecule has 10 heavy (non-hydrogen) atoms. The van der Waals surface area contributed by atoms with Crippen LogP contribution in [-0.2, 0) is 0 Å². The third kappa shape index (κ3) is 0.453. The quantitative estimate of drug-likeness (QED) is 0.525. The van der Waals surface area contributed by atoms with Gasteiger partial charge in [0.05, 0.1) is 6.17 Å². The van der Waals surface area contributed by atoms with Crippen LogP contribution < -0.4 is 5.32 Å². The zero-order valence-electron chi connectivity index (χ0n) is 6.38. The number of rotatable bonds is 0. The molecule has 3 aliphatic rings. The summed E-state index contributed by atoms with van der Waals surface area (Å²) in [6.45, 7) is 2.30. The third-order valence-corrected chi connectivity index (χ3v) is 3.49. The highest BCUT2D eigenvalue weighted by molar-refractivity contribution is 5.10. The molecule has 3 heterocycles. The van der Waals surface area contributed by atoms with Crippen LogP contribution in [0.25, 0.3) is 0 Å². The first-order chi connectivity index (χ1) is 4.86. The molecule has 0 aromatic carbocycles. The first-order valence-electron chi connectivity index (χ1n) is 4.40. The average molecular weight is 138 g/mol. The molecule has 0 aromatic heterocycles. The van der Waals surface area contributed by atoms with E-state index >= 15 is 0 Å². The number of nitrogens with one attached hydrogen (secondary N) is 1. The minimum absolute atomic E-state index is 0.677. The molecule has 56 valence electrons. The molecule has 0 amide bonds. The van der Waals surface area contributed by atoms with Crippen LogP contribution in [0.4, 0.5) is 0 Å². The van der Waals surface area contributed by atoms with E-state index in [0.717, 1.165) is 18.1 Å². The maximum Gasteiger partial charge on any atom is 0.0576 e. The summed E-state index contributed by atoms with van der Waals surface area (Å²) in [5.41, 5.74) is 0. The first-order valence-corrected chi connectivity index (χ1v) is 4.40. The van der Waals surface area contributed by atoms with Gasteiger partial charge in [-0.3, -0.25) is 10.2 Å². The van der Waals surface area contributed by atoms with Crippen LogP contribution in [0.1, 0.15) is 26.2 Å². The second kappa shape index (κ2) is 1.56. The lowest BCUT2D eigenvalue weighted by atomic mass is 9.95. The van der Waals surface area contributed by atoms with Crippen molar-refractivity contribution in [2.75, 3.05) is 0 Å². The van der Waals surface area contributed by atoms with Gasteiger partial charge in [0.15, 0.2) is 0 Å². The van der Waals surface area contributed by atoms with Crippen LogP contribution in [0.15, 0.2) is 0 Å². The maximum atomic E-state index is 3.61. The molecule has 0 spiro atoms. The second-order valence-corrected chi connectivity index (χ2v) is 3.93. The van der Waals surface area contributed by atoms with Gasteiger partial charge in [0.2, 0.25) is 0 Å². The Morgan fingerprint density at radius 2 is 2.30 bits per heavy atom. The molecule has 0 saturated carbocycles. The number of nitrogens with zero attached hydrogens (tertiary/aromatic N) is 1. The zero-order valence-corrected chi connectivity index (χ0v) is 6.38. The SMILES string of the molecule is CC1NC2CC3CCC2N31. The fourth-order valence-corrected chi connectivity index (χ4v) is 3.21. The Balaban J connectivity index is 1.99. The predicted octanol–water partition coefficient (Wildman–Crippen LogP) is 0.541. The van der Waals surface area contributed by atoms with Gasteiger partial charge in [0.1, 0.15) is 0 Å². The van der Waals surface area contributed by atoms with Gasteiger partial charge in [-0.1, -0.05) is 0 Å². The molecule has 5 unspecified atom stereocenters. The molecule has 0 aliphatic carbocycles. The molecule has 1 N–H and O–H groups in total. The van der Waals surface area contributed by atoms with Crippen molar-refractivity contribution in [1.82, 2.24) is 10.2 Å². The molecular formula is C8H14N2. The molecule has 0 aromatic rings. The van der Waals surface area contributed by atoms with Crippen LogP contribution in [-0.4, -0.2) is 29.2 Å². The van der Waals surface area contributed by atoms with Crippen LogP contribution in [0.2, 0.25) is 0 Å². The van der Waals surface area contributed by atoms with Crippen molar-refractivity contribution in [3.8, 4) is 0 Å². The molecule has 2 heteroatoms. The van der Waals surface area contributed by atoms with Gasteiger partial charge in [-0.25, -0.2) is 0 Å². The van der Waals surface area contributed by atoms with Gasteiger partial charge in [0.25, 0.3) is 0 Å². The van der Waals surface area contributed by atoms with Crippen LogP contribution in [0, 0.1) is 0 Å². The van der Waals surface area contributed by atoms with Gasteiger partial charge >= 0.3 is 0 Å². The van der Waals surface area contributed by atoms with Crippen molar-refractivity contribution in [3.63, 3.8) is 0 Å². The molecule has 5 atom stereocenters. The Hall–Kier alpha value is -0.0800.